The van der Waals surface area contributed by atoms with Crippen LogP contribution in [0.4, 0.5) is 10.7 Å². The number of ether oxygens (including phenoxy) is 1. The third-order valence-electron chi connectivity index (χ3n) is 4.69. The van der Waals surface area contributed by atoms with E-state index in [9.17, 15) is 19.2 Å². The molecule has 1 fully saturated rings. The van der Waals surface area contributed by atoms with Gasteiger partial charge in [-0.3, -0.25) is 14.4 Å². The molecule has 0 unspecified atom stereocenters. The Bertz CT molecular complexity index is 991. The van der Waals surface area contributed by atoms with Crippen molar-refractivity contribution in [2.45, 2.75) is 33.6 Å². The Balaban J connectivity index is 1.65. The van der Waals surface area contributed by atoms with Crippen molar-refractivity contribution >= 4 is 45.6 Å². The number of carbonyl (C=O) groups is 4. The predicted octanol–water partition coefficient (Wildman–Crippen LogP) is 3.71. The summed E-state index contributed by atoms with van der Waals surface area (Å²) in [5.74, 6) is -1.50. The Hall–Kier alpha value is -3.00. The van der Waals surface area contributed by atoms with Crippen molar-refractivity contribution in [1.82, 2.24) is 0 Å². The monoisotopic (exact) mass is 414 g/mol. The Kier molecular flexibility index (Phi) is 6.12. The first-order valence-corrected chi connectivity index (χ1v) is 10.1. The Morgan fingerprint density at radius 1 is 1.10 bits per heavy atom. The van der Waals surface area contributed by atoms with Gasteiger partial charge in [0.15, 0.2) is 12.4 Å². The van der Waals surface area contributed by atoms with E-state index in [0.29, 0.717) is 21.8 Å². The molecule has 2 amide bonds. The van der Waals surface area contributed by atoms with Gasteiger partial charge >= 0.3 is 5.97 Å². The summed E-state index contributed by atoms with van der Waals surface area (Å²) in [5, 5.41) is 5.84. The number of thiophene rings is 1. The highest BCUT2D eigenvalue weighted by Gasteiger charge is 2.31. The van der Waals surface area contributed by atoms with Gasteiger partial charge in [-0.05, 0) is 51.3 Å². The van der Waals surface area contributed by atoms with E-state index in [4.69, 9.17) is 4.74 Å². The number of Topliss-reactive ketones (excluding diaryl/α,β-unsaturated/α-hetero) is 1. The van der Waals surface area contributed by atoms with E-state index in [-0.39, 0.29) is 23.2 Å². The molecule has 0 atom stereocenters. The lowest BCUT2D eigenvalue weighted by Crippen LogP contribution is -2.23. The normalized spacial score (nSPS) is 12.9. The number of benzene rings is 1. The largest absolute Gasteiger partial charge is 0.452 e. The van der Waals surface area contributed by atoms with E-state index in [1.165, 1.54) is 18.3 Å². The minimum Gasteiger partial charge on any atom is -0.452 e. The number of anilines is 2. The van der Waals surface area contributed by atoms with Crippen molar-refractivity contribution in [2.75, 3.05) is 17.2 Å². The number of aryl methyl sites for hydroxylation is 1. The lowest BCUT2D eigenvalue weighted by molar-refractivity contribution is -0.119. The van der Waals surface area contributed by atoms with E-state index < -0.39 is 18.5 Å². The highest BCUT2D eigenvalue weighted by molar-refractivity contribution is 7.16. The molecule has 1 aliphatic rings. The standard InChI is InChI=1S/C21H22N2O5S/c1-11-13(3)29-20(23-19(26)14-8-9-14)18(11)21(27)28-10-17(25)22-16-7-5-4-6-15(16)12(2)24/h4-7,14H,8-10H2,1-3H3,(H,22,25)(H,23,26). The molecule has 0 saturated heterocycles. The molecule has 3 rings (SSSR count). The molecule has 1 aliphatic carbocycles. The predicted molar refractivity (Wildman–Crippen MR) is 111 cm³/mol. The minimum atomic E-state index is -0.673. The smallest absolute Gasteiger partial charge is 0.341 e. The summed E-state index contributed by atoms with van der Waals surface area (Å²) in [6, 6.07) is 6.61. The van der Waals surface area contributed by atoms with Gasteiger partial charge in [0.25, 0.3) is 5.91 Å². The summed E-state index contributed by atoms with van der Waals surface area (Å²) >= 11 is 1.31. The second kappa shape index (κ2) is 8.57. The zero-order valence-electron chi connectivity index (χ0n) is 16.5. The molecular formula is C21H22N2O5S. The summed E-state index contributed by atoms with van der Waals surface area (Å²) in [6.07, 6.45) is 1.72. The third-order valence-corrected chi connectivity index (χ3v) is 5.81. The maximum Gasteiger partial charge on any atom is 0.341 e. The van der Waals surface area contributed by atoms with Gasteiger partial charge in [0.2, 0.25) is 5.91 Å². The lowest BCUT2D eigenvalue weighted by atomic mass is 10.1. The molecule has 0 aliphatic heterocycles. The fourth-order valence-corrected chi connectivity index (χ4v) is 3.86. The average molecular weight is 414 g/mol. The van der Waals surface area contributed by atoms with E-state index in [0.717, 1.165) is 17.7 Å². The number of hydrogen-bond acceptors (Lipinski definition) is 6. The Morgan fingerprint density at radius 2 is 1.79 bits per heavy atom. The number of nitrogens with one attached hydrogen (secondary N) is 2. The first-order valence-electron chi connectivity index (χ1n) is 9.25. The maximum atomic E-state index is 12.6. The number of carbonyl (C=O) groups excluding carboxylic acids is 4. The maximum absolute atomic E-state index is 12.6. The number of esters is 1. The topological polar surface area (TPSA) is 102 Å². The zero-order chi connectivity index (χ0) is 21.1. The molecule has 1 heterocycles. The average Bonchev–Trinajstić information content (AvgIpc) is 3.48. The van der Waals surface area contributed by atoms with E-state index in [1.807, 2.05) is 6.92 Å². The van der Waals surface area contributed by atoms with Crippen LogP contribution in [0.15, 0.2) is 24.3 Å². The molecule has 1 aromatic heterocycles. The highest BCUT2D eigenvalue weighted by atomic mass is 32.1. The van der Waals surface area contributed by atoms with E-state index >= 15 is 0 Å². The third kappa shape index (κ3) is 4.89. The fraction of sp³-hybridized carbons (Fsp3) is 0.333. The highest BCUT2D eigenvalue weighted by Crippen LogP contribution is 2.36. The Labute approximate surface area is 172 Å². The summed E-state index contributed by atoms with van der Waals surface area (Å²) < 4.78 is 5.17. The SMILES string of the molecule is CC(=O)c1ccccc1NC(=O)COC(=O)c1c(NC(=O)C2CC2)sc(C)c1C. The van der Waals surface area contributed by atoms with Crippen molar-refractivity contribution in [3.8, 4) is 0 Å². The molecule has 152 valence electrons. The van der Waals surface area contributed by atoms with E-state index in [1.54, 1.807) is 31.2 Å². The second-order valence-corrected chi connectivity index (χ2v) is 8.20. The number of amides is 2. The number of ketones is 1. The molecule has 0 bridgehead atoms. The molecule has 29 heavy (non-hydrogen) atoms. The van der Waals surface area contributed by atoms with Crippen LogP contribution in [0.5, 0.6) is 0 Å². The van der Waals surface area contributed by atoms with Crippen LogP contribution in [0.3, 0.4) is 0 Å². The van der Waals surface area contributed by atoms with Crippen LogP contribution in [-0.2, 0) is 14.3 Å². The molecule has 7 nitrogen and oxygen atoms in total. The molecule has 1 saturated carbocycles. The molecule has 8 heteroatoms. The minimum absolute atomic E-state index is 0.00806. The van der Waals surface area contributed by atoms with Crippen LogP contribution in [0, 0.1) is 19.8 Å². The van der Waals surface area contributed by atoms with Crippen molar-refractivity contribution < 1.29 is 23.9 Å². The van der Waals surface area contributed by atoms with Gasteiger partial charge in [-0.15, -0.1) is 11.3 Å². The van der Waals surface area contributed by atoms with Crippen molar-refractivity contribution in [3.05, 3.63) is 45.8 Å². The molecule has 1 aromatic carbocycles. The molecular weight excluding hydrogens is 392 g/mol. The van der Waals surface area contributed by atoms with Crippen molar-refractivity contribution in [1.29, 1.82) is 0 Å². The van der Waals surface area contributed by atoms with Crippen molar-refractivity contribution in [2.24, 2.45) is 5.92 Å². The second-order valence-electron chi connectivity index (χ2n) is 6.98. The van der Waals surface area contributed by atoms with Crippen LogP contribution in [-0.4, -0.2) is 30.2 Å². The van der Waals surface area contributed by atoms with Crippen LogP contribution in [0.1, 0.15) is 50.9 Å². The van der Waals surface area contributed by atoms with Crippen LogP contribution < -0.4 is 10.6 Å². The lowest BCUT2D eigenvalue weighted by Gasteiger charge is -2.10. The van der Waals surface area contributed by atoms with E-state index in [2.05, 4.69) is 10.6 Å². The summed E-state index contributed by atoms with van der Waals surface area (Å²) in [4.78, 5) is 49.4. The number of rotatable bonds is 7. The van der Waals surface area contributed by atoms with Gasteiger partial charge in [0, 0.05) is 16.4 Å². The Morgan fingerprint density at radius 3 is 2.45 bits per heavy atom. The summed E-state index contributed by atoms with van der Waals surface area (Å²) in [6.45, 7) is 4.53. The quantitative estimate of drug-likeness (QED) is 0.531. The van der Waals surface area contributed by atoms with Gasteiger partial charge < -0.3 is 15.4 Å². The molecule has 0 radical (unpaired) electrons. The number of para-hydroxylation sites is 1. The summed E-state index contributed by atoms with van der Waals surface area (Å²) in [7, 11) is 0. The zero-order valence-corrected chi connectivity index (χ0v) is 17.3. The van der Waals surface area contributed by atoms with Crippen LogP contribution >= 0.6 is 11.3 Å². The van der Waals surface area contributed by atoms with Gasteiger partial charge in [0.05, 0.1) is 11.3 Å². The molecule has 2 N–H and O–H groups in total. The molecule has 2 aromatic rings. The fourth-order valence-electron chi connectivity index (χ4n) is 2.81. The van der Waals surface area contributed by atoms with Crippen LogP contribution in [0.2, 0.25) is 0 Å². The van der Waals surface area contributed by atoms with Gasteiger partial charge in [-0.2, -0.15) is 0 Å². The van der Waals surface area contributed by atoms with Crippen molar-refractivity contribution in [3.63, 3.8) is 0 Å². The van der Waals surface area contributed by atoms with Gasteiger partial charge in [-0.25, -0.2) is 4.79 Å². The van der Waals surface area contributed by atoms with Gasteiger partial charge in [-0.1, -0.05) is 12.1 Å². The first-order chi connectivity index (χ1) is 13.8. The number of hydrogen-bond donors (Lipinski definition) is 2. The molecule has 0 spiro atoms. The summed E-state index contributed by atoms with van der Waals surface area (Å²) in [5.41, 5.74) is 1.73. The van der Waals surface area contributed by atoms with Gasteiger partial charge in [0.1, 0.15) is 5.00 Å². The van der Waals surface area contributed by atoms with Crippen LogP contribution in [0.25, 0.3) is 0 Å². The first kappa shape index (κ1) is 20.7.